The molecule has 0 radical (unpaired) electrons. The zero-order valence-corrected chi connectivity index (χ0v) is 17.4. The Hall–Kier alpha value is -3.17. The highest BCUT2D eigenvalue weighted by molar-refractivity contribution is 7.87. The van der Waals surface area contributed by atoms with Crippen molar-refractivity contribution in [2.75, 3.05) is 14.2 Å². The van der Waals surface area contributed by atoms with Crippen molar-refractivity contribution in [2.24, 2.45) is 5.10 Å². The molecule has 150 valence electrons. The minimum Gasteiger partial charge on any atom is -0.493 e. The van der Waals surface area contributed by atoms with Crippen LogP contribution in [-0.4, -0.2) is 33.9 Å². The van der Waals surface area contributed by atoms with Crippen molar-refractivity contribution < 1.29 is 17.3 Å². The van der Waals surface area contributed by atoms with Gasteiger partial charge in [-0.25, -0.2) is 0 Å². The van der Waals surface area contributed by atoms with Crippen LogP contribution in [0.2, 0.25) is 0 Å². The van der Waals surface area contributed by atoms with Crippen LogP contribution >= 0.6 is 12.2 Å². The van der Waals surface area contributed by atoms with Crippen molar-refractivity contribution in [3.05, 3.63) is 66.2 Å². The van der Waals surface area contributed by atoms with Gasteiger partial charge in [0.25, 0.3) is 0 Å². The van der Waals surface area contributed by atoms with E-state index in [1.165, 1.54) is 25.5 Å². The summed E-state index contributed by atoms with van der Waals surface area (Å²) in [5.41, 5.74) is 3.30. The van der Waals surface area contributed by atoms with Gasteiger partial charge in [0.05, 0.1) is 13.3 Å². The molecule has 0 spiro atoms. The lowest BCUT2D eigenvalue weighted by molar-refractivity contribution is 0.390. The first kappa shape index (κ1) is 20.6. The number of nitrogens with one attached hydrogen (secondary N) is 2. The second kappa shape index (κ2) is 8.89. The van der Waals surface area contributed by atoms with Crippen LogP contribution in [0.1, 0.15) is 5.56 Å². The van der Waals surface area contributed by atoms with E-state index in [-0.39, 0.29) is 16.4 Å². The van der Waals surface area contributed by atoms with Crippen LogP contribution in [0.4, 0.5) is 0 Å². The van der Waals surface area contributed by atoms with E-state index in [1.807, 2.05) is 18.2 Å². The first-order chi connectivity index (χ1) is 13.9. The molecule has 3 aromatic carbocycles. The third-order valence-corrected chi connectivity index (χ3v) is 5.60. The summed E-state index contributed by atoms with van der Waals surface area (Å²) in [6.07, 6.45) is 1.52. The summed E-state index contributed by atoms with van der Waals surface area (Å²) in [6, 6.07) is 17.0. The van der Waals surface area contributed by atoms with Crippen LogP contribution in [0, 0.1) is 0 Å². The quantitative estimate of drug-likeness (QED) is 0.269. The molecule has 0 aliphatic carbocycles. The molecule has 0 bridgehead atoms. The van der Waals surface area contributed by atoms with Crippen LogP contribution < -0.4 is 19.7 Å². The number of hydrogen-bond donors (Lipinski definition) is 2. The molecule has 3 aromatic rings. The molecular weight excluding hydrogens is 410 g/mol. The topological polar surface area (TPSA) is 89.0 Å². The average molecular weight is 430 g/mol. The summed E-state index contributed by atoms with van der Waals surface area (Å²) in [5.74, 6) is 0.338. The van der Waals surface area contributed by atoms with E-state index in [2.05, 4.69) is 15.8 Å². The highest BCUT2D eigenvalue weighted by Gasteiger charge is 2.21. The fraction of sp³-hybridized carbons (Fsp3) is 0.100. The monoisotopic (exact) mass is 429 g/mol. The van der Waals surface area contributed by atoms with E-state index >= 15 is 0 Å². The third kappa shape index (κ3) is 4.82. The van der Waals surface area contributed by atoms with Gasteiger partial charge in [0.2, 0.25) is 0 Å². The lowest BCUT2D eigenvalue weighted by atomic mass is 10.1. The molecule has 29 heavy (non-hydrogen) atoms. The summed E-state index contributed by atoms with van der Waals surface area (Å²) >= 11 is 4.93. The molecule has 0 heterocycles. The highest BCUT2D eigenvalue weighted by Crippen LogP contribution is 2.32. The summed E-state index contributed by atoms with van der Waals surface area (Å²) < 4.78 is 36.5. The summed E-state index contributed by atoms with van der Waals surface area (Å²) in [6.45, 7) is 0. The van der Waals surface area contributed by atoms with Gasteiger partial charge in [-0.3, -0.25) is 5.43 Å². The summed E-state index contributed by atoms with van der Waals surface area (Å²) in [4.78, 5) is 0.0908. The van der Waals surface area contributed by atoms with Crippen LogP contribution in [0.3, 0.4) is 0 Å². The average Bonchev–Trinajstić information content (AvgIpc) is 2.73. The number of fused-ring (bicyclic) bond motifs is 1. The van der Waals surface area contributed by atoms with Gasteiger partial charge in [0, 0.05) is 12.4 Å². The molecule has 0 saturated carbocycles. The fourth-order valence-corrected chi connectivity index (χ4v) is 3.85. The van der Waals surface area contributed by atoms with Gasteiger partial charge < -0.3 is 14.2 Å². The first-order valence-electron chi connectivity index (χ1n) is 8.55. The molecule has 0 amide bonds. The molecule has 7 nitrogen and oxygen atoms in total. The van der Waals surface area contributed by atoms with Crippen molar-refractivity contribution in [2.45, 2.75) is 4.90 Å². The van der Waals surface area contributed by atoms with Crippen molar-refractivity contribution >= 4 is 44.4 Å². The van der Waals surface area contributed by atoms with Crippen molar-refractivity contribution in [3.8, 4) is 11.5 Å². The predicted molar refractivity (Wildman–Crippen MR) is 117 cm³/mol. The number of thiocarbonyl (C=S) groups is 1. The summed E-state index contributed by atoms with van der Waals surface area (Å²) in [7, 11) is -0.959. The number of methoxy groups -OCH3 is 1. The SMILES string of the molecule is CNC(=S)NN=Cc1ccc(OS(=O)(=O)c2cccc3ccccc23)c(OC)c1. The minimum atomic E-state index is -4.07. The normalized spacial score (nSPS) is 11.4. The fourth-order valence-electron chi connectivity index (χ4n) is 2.63. The molecule has 9 heteroatoms. The van der Waals surface area contributed by atoms with E-state index in [9.17, 15) is 8.42 Å². The molecule has 0 atom stereocenters. The maximum Gasteiger partial charge on any atom is 0.339 e. The number of nitrogens with zero attached hydrogens (tertiary/aromatic N) is 1. The van der Waals surface area contributed by atoms with E-state index < -0.39 is 10.1 Å². The number of benzene rings is 3. The second-order valence-electron chi connectivity index (χ2n) is 5.87. The zero-order chi connectivity index (χ0) is 20.9. The van der Waals surface area contributed by atoms with Gasteiger partial charge in [-0.2, -0.15) is 13.5 Å². The molecule has 3 rings (SSSR count). The van der Waals surface area contributed by atoms with Crippen LogP contribution in [0.15, 0.2) is 70.7 Å². The van der Waals surface area contributed by atoms with E-state index in [1.54, 1.807) is 37.4 Å². The molecule has 0 fully saturated rings. The third-order valence-electron chi connectivity index (χ3n) is 4.01. The van der Waals surface area contributed by atoms with E-state index in [0.29, 0.717) is 16.1 Å². The molecule has 2 N–H and O–H groups in total. The predicted octanol–water partition coefficient (Wildman–Crippen LogP) is 3.04. The smallest absolute Gasteiger partial charge is 0.339 e. The van der Waals surface area contributed by atoms with Crippen molar-refractivity contribution in [3.63, 3.8) is 0 Å². The second-order valence-corrected chi connectivity index (χ2v) is 7.80. The largest absolute Gasteiger partial charge is 0.493 e. The Morgan fingerprint density at radius 1 is 1.07 bits per heavy atom. The van der Waals surface area contributed by atoms with Crippen LogP contribution in [0.25, 0.3) is 10.8 Å². The van der Waals surface area contributed by atoms with Crippen LogP contribution in [0.5, 0.6) is 11.5 Å². The van der Waals surface area contributed by atoms with Gasteiger partial charge in [0.15, 0.2) is 16.6 Å². The van der Waals surface area contributed by atoms with Gasteiger partial charge in [-0.1, -0.05) is 36.4 Å². The first-order valence-corrected chi connectivity index (χ1v) is 10.4. The zero-order valence-electron chi connectivity index (χ0n) is 15.7. The van der Waals surface area contributed by atoms with E-state index in [0.717, 1.165) is 5.39 Å². The molecule has 0 aliphatic rings. The Labute approximate surface area is 174 Å². The molecule has 0 unspecified atom stereocenters. The lowest BCUT2D eigenvalue weighted by Crippen LogP contribution is -2.28. The molecule has 0 saturated heterocycles. The van der Waals surface area contributed by atoms with Crippen molar-refractivity contribution in [1.82, 2.24) is 10.7 Å². The standard InChI is InChI=1S/C20H19N3O4S2/c1-21-20(28)23-22-13-14-10-11-17(18(12-14)26-2)27-29(24,25)19-9-5-7-15-6-3-4-8-16(15)19/h3-13H,1-2H3,(H2,21,23,28). The number of hydrogen-bond acceptors (Lipinski definition) is 6. The molecular formula is C20H19N3O4S2. The highest BCUT2D eigenvalue weighted by atomic mass is 32.2. The van der Waals surface area contributed by atoms with Gasteiger partial charge >= 0.3 is 10.1 Å². The minimum absolute atomic E-state index is 0.0799. The maximum absolute atomic E-state index is 12.9. The number of ether oxygens (including phenoxy) is 1. The van der Waals surface area contributed by atoms with Gasteiger partial charge in [0.1, 0.15) is 4.90 Å². The maximum atomic E-state index is 12.9. The Kier molecular flexibility index (Phi) is 6.30. The number of rotatable bonds is 6. The van der Waals surface area contributed by atoms with Crippen molar-refractivity contribution in [1.29, 1.82) is 0 Å². The van der Waals surface area contributed by atoms with Gasteiger partial charge in [-0.15, -0.1) is 0 Å². The van der Waals surface area contributed by atoms with Gasteiger partial charge in [-0.05, 0) is 47.4 Å². The van der Waals surface area contributed by atoms with Crippen LogP contribution in [-0.2, 0) is 10.1 Å². The Bertz CT molecular complexity index is 1170. The molecule has 0 aliphatic heterocycles. The lowest BCUT2D eigenvalue weighted by Gasteiger charge is -2.12. The van der Waals surface area contributed by atoms with E-state index in [4.69, 9.17) is 21.1 Å². The Morgan fingerprint density at radius 3 is 2.59 bits per heavy atom. The molecule has 0 aromatic heterocycles. The Morgan fingerprint density at radius 2 is 1.83 bits per heavy atom. The Balaban J connectivity index is 1.89. The number of hydrazone groups is 1. The summed E-state index contributed by atoms with van der Waals surface area (Å²) in [5, 5.41) is 8.48.